The number of hydrogen-bond acceptors (Lipinski definition) is 3. The van der Waals surface area contributed by atoms with E-state index in [0.29, 0.717) is 13.2 Å². The molecule has 0 N–H and O–H groups in total. The van der Waals surface area contributed by atoms with Crippen molar-refractivity contribution in [2.75, 3.05) is 13.2 Å². The van der Waals surface area contributed by atoms with E-state index in [2.05, 4.69) is 27.7 Å². The molecule has 1 radical (unpaired) electrons. The van der Waals surface area contributed by atoms with Crippen molar-refractivity contribution < 1.29 is 13.6 Å². The van der Waals surface area contributed by atoms with E-state index >= 15 is 0 Å². The fourth-order valence-electron chi connectivity index (χ4n) is 2.62. The topological polar surface area (TPSA) is 35.5 Å². The van der Waals surface area contributed by atoms with Crippen LogP contribution in [0.4, 0.5) is 0 Å². The van der Waals surface area contributed by atoms with Gasteiger partial charge in [0.15, 0.2) is 0 Å². The predicted molar refractivity (Wildman–Crippen MR) is 73.2 cm³/mol. The van der Waals surface area contributed by atoms with Crippen molar-refractivity contribution in [1.29, 1.82) is 0 Å². The molecule has 0 aromatic rings. The quantitative estimate of drug-likeness (QED) is 0.660. The summed E-state index contributed by atoms with van der Waals surface area (Å²) in [6.45, 7) is 18.7. The highest BCUT2D eigenvalue weighted by molar-refractivity contribution is 7.54. The van der Waals surface area contributed by atoms with Crippen LogP contribution in [0.3, 0.4) is 0 Å². The minimum atomic E-state index is -3.14. The summed E-state index contributed by atoms with van der Waals surface area (Å²) in [6.07, 6.45) is 0. The van der Waals surface area contributed by atoms with E-state index in [1.54, 1.807) is 0 Å². The molecule has 0 saturated heterocycles. The zero-order valence-corrected chi connectivity index (χ0v) is 13.3. The van der Waals surface area contributed by atoms with Gasteiger partial charge in [-0.05, 0) is 31.6 Å². The van der Waals surface area contributed by atoms with Crippen molar-refractivity contribution in [2.24, 2.45) is 10.8 Å². The van der Waals surface area contributed by atoms with Crippen molar-refractivity contribution in [3.63, 3.8) is 0 Å². The first kappa shape index (κ1) is 17.2. The molecule has 1 atom stereocenters. The summed E-state index contributed by atoms with van der Waals surface area (Å²) >= 11 is 0. The molecule has 0 bridgehead atoms. The van der Waals surface area contributed by atoms with Gasteiger partial charge in [-0.3, -0.25) is 4.57 Å². The van der Waals surface area contributed by atoms with Crippen LogP contribution in [-0.2, 0) is 13.6 Å². The molecule has 17 heavy (non-hydrogen) atoms. The molecule has 1 unspecified atom stereocenters. The minimum Gasteiger partial charge on any atom is -0.309 e. The van der Waals surface area contributed by atoms with Gasteiger partial charge in [0.1, 0.15) is 0 Å². The van der Waals surface area contributed by atoms with E-state index in [9.17, 15) is 4.57 Å². The van der Waals surface area contributed by atoms with E-state index < -0.39 is 7.60 Å². The predicted octanol–water partition coefficient (Wildman–Crippen LogP) is 4.53. The maximum atomic E-state index is 12.9. The second-order valence-electron chi connectivity index (χ2n) is 6.13. The van der Waals surface area contributed by atoms with Gasteiger partial charge in [0.2, 0.25) is 0 Å². The lowest BCUT2D eigenvalue weighted by atomic mass is 9.77. The summed E-state index contributed by atoms with van der Waals surface area (Å²) in [4.78, 5) is 0. The van der Waals surface area contributed by atoms with E-state index in [0.717, 1.165) is 0 Å². The number of rotatable bonds is 6. The molecule has 0 aliphatic carbocycles. The lowest BCUT2D eigenvalue weighted by molar-refractivity contribution is 0.160. The fraction of sp³-hybridized carbons (Fsp3) is 0.923. The van der Waals surface area contributed by atoms with Crippen LogP contribution in [-0.4, -0.2) is 18.9 Å². The molecule has 3 nitrogen and oxygen atoms in total. The Bertz CT molecular complexity index is 249. The maximum Gasteiger partial charge on any atom is 0.334 e. The zero-order chi connectivity index (χ0) is 13.9. The molecule has 4 heteroatoms. The molecule has 0 spiro atoms. The molecule has 0 rings (SSSR count). The van der Waals surface area contributed by atoms with E-state index in [1.165, 1.54) is 0 Å². The minimum absolute atomic E-state index is 0.189. The van der Waals surface area contributed by atoms with Gasteiger partial charge in [0.05, 0.1) is 18.9 Å². The van der Waals surface area contributed by atoms with Gasteiger partial charge >= 0.3 is 7.60 Å². The third-order valence-electron chi connectivity index (χ3n) is 2.49. The highest BCUT2D eigenvalue weighted by atomic mass is 31.2. The first-order valence-electron chi connectivity index (χ1n) is 6.23. The van der Waals surface area contributed by atoms with Crippen LogP contribution in [0.1, 0.15) is 48.5 Å². The van der Waals surface area contributed by atoms with Crippen LogP contribution in [0.2, 0.25) is 0 Å². The first-order chi connectivity index (χ1) is 7.49. The molecule has 103 valence electrons. The molecule has 0 fully saturated rings. The molecular weight excluding hydrogens is 235 g/mol. The lowest BCUT2D eigenvalue weighted by Crippen LogP contribution is -2.39. The van der Waals surface area contributed by atoms with Crippen LogP contribution in [0.25, 0.3) is 0 Å². The Labute approximate surface area is 107 Å². The smallest absolute Gasteiger partial charge is 0.309 e. The Morgan fingerprint density at radius 3 is 1.59 bits per heavy atom. The van der Waals surface area contributed by atoms with E-state index in [-0.39, 0.29) is 16.5 Å². The van der Waals surface area contributed by atoms with Crippen molar-refractivity contribution in [3.05, 3.63) is 6.92 Å². The van der Waals surface area contributed by atoms with Crippen molar-refractivity contribution in [1.82, 2.24) is 0 Å². The molecule has 0 aromatic heterocycles. The first-order valence-corrected chi connectivity index (χ1v) is 7.84. The average molecular weight is 263 g/mol. The SMILES string of the molecule is [CH2]C(C)(C)C(C(C)(C)C)P(=O)(OCC)OCC. The second kappa shape index (κ2) is 5.86. The Morgan fingerprint density at radius 1 is 1.06 bits per heavy atom. The molecule has 0 heterocycles. The third kappa shape index (κ3) is 4.73. The van der Waals surface area contributed by atoms with Gasteiger partial charge in [0.25, 0.3) is 0 Å². The van der Waals surface area contributed by atoms with Crippen LogP contribution in [0.15, 0.2) is 0 Å². The molecule has 0 aliphatic rings. The van der Waals surface area contributed by atoms with Crippen LogP contribution in [0, 0.1) is 17.8 Å². The summed E-state index contributed by atoms with van der Waals surface area (Å²) in [5.41, 5.74) is -0.800. The summed E-state index contributed by atoms with van der Waals surface area (Å²) in [5, 5.41) is 0. The van der Waals surface area contributed by atoms with E-state index in [4.69, 9.17) is 9.05 Å². The van der Waals surface area contributed by atoms with E-state index in [1.807, 2.05) is 27.7 Å². The zero-order valence-electron chi connectivity index (χ0n) is 12.4. The van der Waals surface area contributed by atoms with Crippen molar-refractivity contribution in [3.8, 4) is 0 Å². The summed E-state index contributed by atoms with van der Waals surface area (Å²) in [5.74, 6) is 0. The van der Waals surface area contributed by atoms with Crippen LogP contribution < -0.4 is 0 Å². The largest absolute Gasteiger partial charge is 0.334 e. The Morgan fingerprint density at radius 2 is 1.41 bits per heavy atom. The summed E-state index contributed by atoms with van der Waals surface area (Å²) in [7, 11) is -3.14. The molecule has 0 amide bonds. The lowest BCUT2D eigenvalue weighted by Gasteiger charge is -2.43. The fourth-order valence-corrected chi connectivity index (χ4v) is 5.52. The highest BCUT2D eigenvalue weighted by Gasteiger charge is 2.49. The van der Waals surface area contributed by atoms with Gasteiger partial charge in [-0.2, -0.15) is 0 Å². The summed E-state index contributed by atoms with van der Waals surface area (Å²) < 4.78 is 23.9. The molecule has 0 aliphatic heterocycles. The van der Waals surface area contributed by atoms with Gasteiger partial charge in [0, 0.05) is 0 Å². The average Bonchev–Trinajstić information content (AvgIpc) is 1.97. The highest BCUT2D eigenvalue weighted by Crippen LogP contribution is 2.63. The maximum absolute atomic E-state index is 12.9. The second-order valence-corrected chi connectivity index (χ2v) is 8.24. The summed E-state index contributed by atoms with van der Waals surface area (Å²) in [6, 6.07) is 0. The Hall–Kier alpha value is 0.150. The van der Waals surface area contributed by atoms with Crippen molar-refractivity contribution >= 4 is 7.60 Å². The normalized spacial score (nSPS) is 14.4. The van der Waals surface area contributed by atoms with Gasteiger partial charge < -0.3 is 9.05 Å². The molecule has 0 saturated carbocycles. The monoisotopic (exact) mass is 263 g/mol. The Balaban J connectivity index is 5.47. The molecular formula is C13H28O3P. The van der Waals surface area contributed by atoms with Crippen LogP contribution in [0.5, 0.6) is 0 Å². The van der Waals surface area contributed by atoms with Gasteiger partial charge in [-0.15, -0.1) is 0 Å². The van der Waals surface area contributed by atoms with Gasteiger partial charge in [-0.25, -0.2) is 0 Å². The van der Waals surface area contributed by atoms with Crippen molar-refractivity contribution in [2.45, 2.75) is 54.1 Å². The standard InChI is InChI=1S/C13H28O3P/c1-9-15-17(14,16-10-2)11(12(3,4)5)13(6,7)8/h11H,3,9-10H2,1-2,4-8H3. The third-order valence-corrected chi connectivity index (χ3v) is 5.84. The molecule has 0 aromatic carbocycles. The number of hydrogen-bond donors (Lipinski definition) is 0. The Kier molecular flexibility index (Phi) is 5.91. The van der Waals surface area contributed by atoms with Gasteiger partial charge in [-0.1, -0.05) is 34.6 Å². The van der Waals surface area contributed by atoms with Crippen LogP contribution >= 0.6 is 7.60 Å².